The molecule has 0 amide bonds. The van der Waals surface area contributed by atoms with E-state index in [9.17, 15) is 4.79 Å². The average Bonchev–Trinajstić information content (AvgIpc) is 3.38. The van der Waals surface area contributed by atoms with Crippen molar-refractivity contribution in [2.45, 2.75) is 26.8 Å². The van der Waals surface area contributed by atoms with E-state index in [-0.39, 0.29) is 5.56 Å². The number of benzene rings is 3. The summed E-state index contributed by atoms with van der Waals surface area (Å²) in [5.74, 6) is 0. The zero-order valence-electron chi connectivity index (χ0n) is 20.2. The van der Waals surface area contributed by atoms with Gasteiger partial charge < -0.3 is 4.57 Å². The Labute approximate surface area is 208 Å². The van der Waals surface area contributed by atoms with Crippen LogP contribution in [-0.2, 0) is 20.0 Å². The Morgan fingerprint density at radius 1 is 0.857 bits per heavy atom. The molecule has 176 valence electrons. The number of thiazole rings is 1. The van der Waals surface area contributed by atoms with Gasteiger partial charge in [0.25, 0.3) is 5.56 Å². The van der Waals surface area contributed by atoms with Gasteiger partial charge in [0.05, 0.1) is 17.1 Å². The van der Waals surface area contributed by atoms with Gasteiger partial charge in [-0.3, -0.25) is 9.48 Å². The molecule has 3 aromatic carbocycles. The largest absolute Gasteiger partial charge is 0.316 e. The van der Waals surface area contributed by atoms with E-state index in [1.54, 1.807) is 16.0 Å². The first-order valence-electron chi connectivity index (χ1n) is 11.7. The molecule has 0 bridgehead atoms. The molecule has 0 aliphatic heterocycles. The molecule has 0 fully saturated rings. The standard InChI is InChI=1S/C29H28N4OS/c1-21-14-16-24(17-15-21)26-20-35-29(32(26)19-18-23-10-6-4-7-11-23)30-27-22(2)31(3)33(28(27)34)25-12-8-5-9-13-25/h4-17,20H,18-19H2,1-3H3. The minimum atomic E-state index is -0.115. The fraction of sp³-hybridized carbons (Fsp3) is 0.172. The molecule has 5 rings (SSSR count). The zero-order chi connectivity index (χ0) is 24.4. The quantitative estimate of drug-likeness (QED) is 0.303. The van der Waals surface area contributed by atoms with Crippen LogP contribution in [0.1, 0.15) is 16.8 Å². The lowest BCUT2D eigenvalue weighted by molar-refractivity contribution is 0.630. The van der Waals surface area contributed by atoms with Crippen LogP contribution >= 0.6 is 11.3 Å². The number of para-hydroxylation sites is 1. The molecule has 0 atom stereocenters. The number of rotatable bonds is 6. The van der Waals surface area contributed by atoms with E-state index in [0.29, 0.717) is 5.69 Å². The van der Waals surface area contributed by atoms with Gasteiger partial charge in [-0.2, -0.15) is 0 Å². The second-order valence-corrected chi connectivity index (χ2v) is 9.52. The minimum absolute atomic E-state index is 0.115. The maximum absolute atomic E-state index is 13.5. The molecule has 6 heteroatoms. The number of hydrogen-bond donors (Lipinski definition) is 0. The Hall–Kier alpha value is -3.90. The van der Waals surface area contributed by atoms with E-state index in [2.05, 4.69) is 65.4 Å². The Bertz CT molecular complexity index is 1570. The van der Waals surface area contributed by atoms with Crippen molar-refractivity contribution in [3.05, 3.63) is 122 Å². The molecule has 5 nitrogen and oxygen atoms in total. The lowest BCUT2D eigenvalue weighted by Gasteiger charge is -2.10. The highest BCUT2D eigenvalue weighted by Crippen LogP contribution is 2.23. The summed E-state index contributed by atoms with van der Waals surface area (Å²) in [5, 5.41) is 2.14. The molecule has 0 aliphatic rings. The van der Waals surface area contributed by atoms with Gasteiger partial charge in [-0.25, -0.2) is 9.67 Å². The molecular formula is C29H28N4OS. The van der Waals surface area contributed by atoms with Crippen LogP contribution in [0.15, 0.2) is 100 Å². The van der Waals surface area contributed by atoms with Gasteiger partial charge >= 0.3 is 0 Å². The van der Waals surface area contributed by atoms with Gasteiger partial charge in [-0.15, -0.1) is 11.3 Å². The molecule has 5 aromatic rings. The Balaban J connectivity index is 1.64. The minimum Gasteiger partial charge on any atom is -0.316 e. The molecule has 0 spiro atoms. The van der Waals surface area contributed by atoms with Crippen LogP contribution in [0.3, 0.4) is 0 Å². The van der Waals surface area contributed by atoms with Crippen LogP contribution in [0.25, 0.3) is 16.9 Å². The van der Waals surface area contributed by atoms with Gasteiger partial charge in [0.2, 0.25) is 0 Å². The van der Waals surface area contributed by atoms with Crippen LogP contribution in [0.4, 0.5) is 5.69 Å². The van der Waals surface area contributed by atoms with Gasteiger partial charge in [-0.05, 0) is 43.5 Å². The summed E-state index contributed by atoms with van der Waals surface area (Å²) >= 11 is 1.57. The average molecular weight is 481 g/mol. The Morgan fingerprint density at radius 3 is 2.20 bits per heavy atom. The first-order chi connectivity index (χ1) is 17.0. The molecule has 0 aliphatic carbocycles. The lowest BCUT2D eigenvalue weighted by Crippen LogP contribution is -2.20. The monoisotopic (exact) mass is 480 g/mol. The van der Waals surface area contributed by atoms with Crippen molar-refractivity contribution in [1.82, 2.24) is 13.9 Å². The first kappa shape index (κ1) is 22.9. The smallest absolute Gasteiger partial charge is 0.297 e. The van der Waals surface area contributed by atoms with Crippen molar-refractivity contribution in [3.63, 3.8) is 0 Å². The molecule has 0 radical (unpaired) electrons. The summed E-state index contributed by atoms with van der Waals surface area (Å²) in [5.41, 5.74) is 6.78. The molecule has 0 N–H and O–H groups in total. The molecular weight excluding hydrogens is 452 g/mol. The zero-order valence-corrected chi connectivity index (χ0v) is 21.0. The van der Waals surface area contributed by atoms with Crippen LogP contribution in [0.2, 0.25) is 0 Å². The number of hydrogen-bond acceptors (Lipinski definition) is 3. The van der Waals surface area contributed by atoms with Gasteiger partial charge in [0.1, 0.15) is 0 Å². The number of aromatic nitrogens is 3. The molecule has 2 aromatic heterocycles. The van der Waals surface area contributed by atoms with Crippen LogP contribution < -0.4 is 10.4 Å². The van der Waals surface area contributed by atoms with Crippen molar-refractivity contribution in [2.75, 3.05) is 0 Å². The topological polar surface area (TPSA) is 44.2 Å². The second kappa shape index (κ2) is 9.76. The van der Waals surface area contributed by atoms with Crippen molar-refractivity contribution in [2.24, 2.45) is 12.0 Å². The fourth-order valence-electron chi connectivity index (χ4n) is 4.25. The van der Waals surface area contributed by atoms with E-state index in [4.69, 9.17) is 4.99 Å². The number of nitrogens with zero attached hydrogens (tertiary/aromatic N) is 4. The van der Waals surface area contributed by atoms with Crippen molar-refractivity contribution in [3.8, 4) is 16.9 Å². The van der Waals surface area contributed by atoms with Crippen molar-refractivity contribution in [1.29, 1.82) is 0 Å². The third-order valence-corrected chi connectivity index (χ3v) is 7.21. The van der Waals surface area contributed by atoms with Crippen LogP contribution in [0.5, 0.6) is 0 Å². The molecule has 0 saturated heterocycles. The summed E-state index contributed by atoms with van der Waals surface area (Å²) in [4.78, 5) is 19.2. The maximum Gasteiger partial charge on any atom is 0.297 e. The van der Waals surface area contributed by atoms with E-state index < -0.39 is 0 Å². The van der Waals surface area contributed by atoms with Crippen molar-refractivity contribution >= 4 is 17.0 Å². The first-order valence-corrected chi connectivity index (χ1v) is 12.6. The molecule has 0 unspecified atom stereocenters. The Kier molecular flexibility index (Phi) is 6.38. The molecule has 0 saturated carbocycles. The highest BCUT2D eigenvalue weighted by Gasteiger charge is 2.17. The van der Waals surface area contributed by atoms with Gasteiger partial charge in [0, 0.05) is 19.0 Å². The second-order valence-electron chi connectivity index (χ2n) is 8.68. The highest BCUT2D eigenvalue weighted by molar-refractivity contribution is 7.07. The predicted octanol–water partition coefficient (Wildman–Crippen LogP) is 5.80. The van der Waals surface area contributed by atoms with Crippen LogP contribution in [-0.4, -0.2) is 13.9 Å². The van der Waals surface area contributed by atoms with E-state index >= 15 is 0 Å². The summed E-state index contributed by atoms with van der Waals surface area (Å²) in [7, 11) is 1.90. The summed E-state index contributed by atoms with van der Waals surface area (Å²) < 4.78 is 5.79. The SMILES string of the molecule is Cc1ccc(-c2csc(=Nc3c(C)n(C)n(-c4ccccc4)c3=O)n2CCc2ccccc2)cc1. The maximum atomic E-state index is 13.5. The third kappa shape index (κ3) is 4.57. The van der Waals surface area contributed by atoms with Gasteiger partial charge in [0.15, 0.2) is 10.5 Å². The van der Waals surface area contributed by atoms with E-state index in [1.807, 2.05) is 55.1 Å². The summed E-state index contributed by atoms with van der Waals surface area (Å²) in [6.45, 7) is 4.81. The molecule has 2 heterocycles. The normalized spacial score (nSPS) is 11.8. The highest BCUT2D eigenvalue weighted by atomic mass is 32.1. The lowest BCUT2D eigenvalue weighted by atomic mass is 10.1. The van der Waals surface area contributed by atoms with E-state index in [1.165, 1.54) is 11.1 Å². The van der Waals surface area contributed by atoms with Crippen molar-refractivity contribution < 1.29 is 0 Å². The predicted molar refractivity (Wildman–Crippen MR) is 144 cm³/mol. The van der Waals surface area contributed by atoms with Gasteiger partial charge in [-0.1, -0.05) is 78.4 Å². The Morgan fingerprint density at radius 2 is 1.51 bits per heavy atom. The summed E-state index contributed by atoms with van der Waals surface area (Å²) in [6, 6.07) is 28.7. The van der Waals surface area contributed by atoms with E-state index in [0.717, 1.165) is 40.4 Å². The number of aryl methyl sites for hydroxylation is 2. The van der Waals surface area contributed by atoms with Crippen LogP contribution in [0, 0.1) is 13.8 Å². The molecule has 35 heavy (non-hydrogen) atoms. The third-order valence-electron chi connectivity index (χ3n) is 6.34. The fourth-order valence-corrected chi connectivity index (χ4v) is 5.20. The summed E-state index contributed by atoms with van der Waals surface area (Å²) in [6.07, 6.45) is 0.881.